The number of nitrogens with zero attached hydrogens (tertiary/aromatic N) is 5. The maximum absolute atomic E-state index is 14.7. The first kappa shape index (κ1) is 30.6. The number of halogens is 4. The summed E-state index contributed by atoms with van der Waals surface area (Å²) in [6.07, 6.45) is -2.33. The molecule has 2 aliphatic rings. The molecule has 0 spiro atoms. The highest BCUT2D eigenvalue weighted by atomic mass is 19.4. The SMILES string of the molecule is CCC(c1ccccc1)N(C)c1nc2nc(C3NOC(=O)N3)nc(N[C@H](C)C3CCC3)c2n1Cc1ccc(C(F)(F)F)c(F)c1. The third-order valence-corrected chi connectivity index (χ3v) is 8.64. The first-order valence-corrected chi connectivity index (χ1v) is 14.9. The largest absolute Gasteiger partial charge is 0.427 e. The number of nitrogens with one attached hydrogen (secondary N) is 3. The molecule has 2 aromatic heterocycles. The van der Waals surface area contributed by atoms with Gasteiger partial charge in [0.15, 0.2) is 23.5 Å². The first-order chi connectivity index (χ1) is 21.5. The van der Waals surface area contributed by atoms with Gasteiger partial charge in [0.25, 0.3) is 0 Å². The van der Waals surface area contributed by atoms with Gasteiger partial charge in [0.1, 0.15) is 11.3 Å². The van der Waals surface area contributed by atoms with Crippen LogP contribution in [0.5, 0.6) is 0 Å². The molecule has 3 atom stereocenters. The molecule has 2 unspecified atom stereocenters. The lowest BCUT2D eigenvalue weighted by atomic mass is 9.80. The van der Waals surface area contributed by atoms with Gasteiger partial charge in [0.05, 0.1) is 18.2 Å². The van der Waals surface area contributed by atoms with Crippen LogP contribution in [0.3, 0.4) is 0 Å². The van der Waals surface area contributed by atoms with Crippen molar-refractivity contribution in [3.8, 4) is 0 Å². The minimum atomic E-state index is -4.81. The van der Waals surface area contributed by atoms with E-state index in [4.69, 9.17) is 14.8 Å². The normalized spacial score (nSPS) is 18.3. The molecule has 1 amide bonds. The zero-order valence-electron chi connectivity index (χ0n) is 25.0. The topological polar surface area (TPSA) is 109 Å². The molecule has 2 aromatic carbocycles. The van der Waals surface area contributed by atoms with Gasteiger partial charge in [0, 0.05) is 13.1 Å². The lowest BCUT2D eigenvalue weighted by molar-refractivity contribution is -0.140. The number of amides is 1. The lowest BCUT2D eigenvalue weighted by Gasteiger charge is -2.32. The van der Waals surface area contributed by atoms with Gasteiger partial charge in [-0.15, -0.1) is 5.48 Å². The average molecular weight is 627 g/mol. The molecule has 6 rings (SSSR count). The van der Waals surface area contributed by atoms with Crippen molar-refractivity contribution in [2.45, 2.75) is 70.5 Å². The minimum absolute atomic E-state index is 0.00677. The Labute approximate surface area is 257 Å². The van der Waals surface area contributed by atoms with E-state index in [0.717, 1.165) is 43.4 Å². The van der Waals surface area contributed by atoms with Crippen molar-refractivity contribution in [1.29, 1.82) is 0 Å². The van der Waals surface area contributed by atoms with E-state index in [1.165, 1.54) is 6.07 Å². The van der Waals surface area contributed by atoms with Crippen molar-refractivity contribution in [3.63, 3.8) is 0 Å². The molecular weight excluding hydrogens is 592 g/mol. The Morgan fingerprint density at radius 3 is 2.49 bits per heavy atom. The monoisotopic (exact) mass is 626 g/mol. The smallest absolute Gasteiger partial charge is 0.365 e. The predicted octanol–water partition coefficient (Wildman–Crippen LogP) is 6.46. The molecule has 1 aliphatic carbocycles. The average Bonchev–Trinajstić information content (AvgIpc) is 3.56. The summed E-state index contributed by atoms with van der Waals surface area (Å²) in [6, 6.07) is 12.7. The molecule has 3 N–H and O–H groups in total. The summed E-state index contributed by atoms with van der Waals surface area (Å²) in [5.41, 5.74) is 3.40. The van der Waals surface area contributed by atoms with Gasteiger partial charge < -0.3 is 19.6 Å². The van der Waals surface area contributed by atoms with Gasteiger partial charge in [0.2, 0.25) is 5.95 Å². The van der Waals surface area contributed by atoms with E-state index in [9.17, 15) is 22.4 Å². The summed E-state index contributed by atoms with van der Waals surface area (Å²) in [5, 5.41) is 6.13. The predicted molar refractivity (Wildman–Crippen MR) is 160 cm³/mol. The molecule has 1 saturated carbocycles. The van der Waals surface area contributed by atoms with E-state index in [1.54, 1.807) is 4.57 Å². The molecule has 10 nitrogen and oxygen atoms in total. The fourth-order valence-corrected chi connectivity index (χ4v) is 5.99. The molecule has 238 valence electrons. The third kappa shape index (κ3) is 6.10. The number of hydrogen-bond donors (Lipinski definition) is 3. The standard InChI is InChI=1S/C31H34F4N8O2/c1-4-23(20-9-6-5-7-10-20)42(3)29-39-26-24(43(29)16-18-13-14-21(22(32)15-18)31(33,34)35)25(36-17(2)19-11-8-12-19)37-27(38-26)28-40-30(44)45-41-28/h5-7,9-10,13-15,17,19,23,28,41H,4,8,11-12,16H2,1-3H3,(H,40,44)(H,36,37,38)/t17-,23?,28?/m1/s1. The second kappa shape index (κ2) is 12.1. The number of carbonyl (C=O) groups is 1. The summed E-state index contributed by atoms with van der Waals surface area (Å²) in [7, 11) is 1.89. The van der Waals surface area contributed by atoms with Gasteiger partial charge in [-0.3, -0.25) is 5.32 Å². The molecule has 1 saturated heterocycles. The van der Waals surface area contributed by atoms with Gasteiger partial charge in [-0.1, -0.05) is 49.7 Å². The third-order valence-electron chi connectivity index (χ3n) is 8.64. The Balaban J connectivity index is 1.51. The molecule has 0 bridgehead atoms. The number of hydroxylamine groups is 1. The zero-order chi connectivity index (χ0) is 31.9. The van der Waals surface area contributed by atoms with Crippen LogP contribution in [0, 0.1) is 11.7 Å². The van der Waals surface area contributed by atoms with Crippen LogP contribution in [-0.4, -0.2) is 38.7 Å². The van der Waals surface area contributed by atoms with Crippen LogP contribution in [0.15, 0.2) is 48.5 Å². The molecular formula is C31H34F4N8O2. The van der Waals surface area contributed by atoms with E-state index in [1.807, 2.05) is 49.2 Å². The summed E-state index contributed by atoms with van der Waals surface area (Å²) in [5.74, 6) is 0.187. The van der Waals surface area contributed by atoms with Crippen LogP contribution in [0.4, 0.5) is 34.1 Å². The van der Waals surface area contributed by atoms with Gasteiger partial charge in [-0.2, -0.15) is 18.2 Å². The number of fused-ring (bicyclic) bond motifs is 1. The number of imidazole rings is 1. The molecule has 1 aliphatic heterocycles. The molecule has 2 fully saturated rings. The molecule has 45 heavy (non-hydrogen) atoms. The molecule has 0 radical (unpaired) electrons. The Bertz CT molecular complexity index is 1690. The number of anilines is 2. The maximum Gasteiger partial charge on any atom is 0.427 e. The van der Waals surface area contributed by atoms with Crippen molar-refractivity contribution in [2.75, 3.05) is 17.3 Å². The highest BCUT2D eigenvalue weighted by molar-refractivity contribution is 5.86. The zero-order valence-corrected chi connectivity index (χ0v) is 25.0. The Kier molecular flexibility index (Phi) is 8.25. The highest BCUT2D eigenvalue weighted by Gasteiger charge is 2.35. The van der Waals surface area contributed by atoms with E-state index in [0.29, 0.717) is 34.4 Å². The highest BCUT2D eigenvalue weighted by Crippen LogP contribution is 2.37. The number of carbonyl (C=O) groups excluding carboxylic acids is 1. The quantitative estimate of drug-likeness (QED) is 0.172. The first-order valence-electron chi connectivity index (χ1n) is 14.9. The Morgan fingerprint density at radius 2 is 1.89 bits per heavy atom. The Hall–Kier alpha value is -4.46. The lowest BCUT2D eigenvalue weighted by Crippen LogP contribution is -2.32. The Morgan fingerprint density at radius 1 is 1.13 bits per heavy atom. The maximum atomic E-state index is 14.7. The fourth-order valence-electron chi connectivity index (χ4n) is 5.99. The molecule has 14 heteroatoms. The molecule has 3 heterocycles. The van der Waals surface area contributed by atoms with Crippen molar-refractivity contribution in [1.82, 2.24) is 30.3 Å². The van der Waals surface area contributed by atoms with Crippen LogP contribution < -0.4 is 21.0 Å². The van der Waals surface area contributed by atoms with E-state index >= 15 is 0 Å². The number of rotatable bonds is 10. The molecule has 4 aromatic rings. The summed E-state index contributed by atoms with van der Waals surface area (Å²) in [4.78, 5) is 33.0. The van der Waals surface area contributed by atoms with Crippen LogP contribution in [0.1, 0.15) is 74.3 Å². The number of alkyl halides is 3. The van der Waals surface area contributed by atoms with Crippen LogP contribution in [0.25, 0.3) is 11.2 Å². The van der Waals surface area contributed by atoms with Crippen molar-refractivity contribution < 1.29 is 27.2 Å². The van der Waals surface area contributed by atoms with Crippen LogP contribution >= 0.6 is 0 Å². The second-order valence-corrected chi connectivity index (χ2v) is 11.6. The van der Waals surface area contributed by atoms with E-state index in [-0.39, 0.29) is 24.5 Å². The van der Waals surface area contributed by atoms with Crippen molar-refractivity contribution in [3.05, 3.63) is 76.9 Å². The minimum Gasteiger partial charge on any atom is -0.365 e. The summed E-state index contributed by atoms with van der Waals surface area (Å²) < 4.78 is 56.6. The number of aromatic nitrogens is 4. The summed E-state index contributed by atoms with van der Waals surface area (Å²) >= 11 is 0. The van der Waals surface area contributed by atoms with Crippen molar-refractivity contribution >= 4 is 29.0 Å². The van der Waals surface area contributed by atoms with Crippen molar-refractivity contribution in [2.24, 2.45) is 5.92 Å². The van der Waals surface area contributed by atoms with Crippen LogP contribution in [0.2, 0.25) is 0 Å². The second-order valence-electron chi connectivity index (χ2n) is 11.6. The van der Waals surface area contributed by atoms with E-state index < -0.39 is 29.8 Å². The van der Waals surface area contributed by atoms with E-state index in [2.05, 4.69) is 28.0 Å². The number of benzene rings is 2. The van der Waals surface area contributed by atoms with Gasteiger partial charge in [-0.05, 0) is 55.4 Å². The van der Waals surface area contributed by atoms with Gasteiger partial charge in [-0.25, -0.2) is 19.2 Å². The fraction of sp³-hybridized carbons (Fsp3) is 0.419. The summed E-state index contributed by atoms with van der Waals surface area (Å²) in [6.45, 7) is 4.11. The van der Waals surface area contributed by atoms with Gasteiger partial charge >= 0.3 is 12.3 Å². The number of hydrogen-bond acceptors (Lipinski definition) is 8. The van der Waals surface area contributed by atoms with Crippen LogP contribution in [-0.2, 0) is 17.6 Å².